The van der Waals surface area contributed by atoms with Crippen molar-refractivity contribution in [3.05, 3.63) is 71.8 Å². The molecule has 2 rings (SSSR count). The van der Waals surface area contributed by atoms with Crippen LogP contribution in [0.15, 0.2) is 60.7 Å². The van der Waals surface area contributed by atoms with Gasteiger partial charge in [-0.2, -0.15) is 0 Å². The van der Waals surface area contributed by atoms with E-state index in [4.69, 9.17) is 0 Å². The second kappa shape index (κ2) is 9.02. The van der Waals surface area contributed by atoms with Gasteiger partial charge in [-0.15, -0.1) is 0 Å². The predicted molar refractivity (Wildman–Crippen MR) is 99.9 cm³/mol. The highest BCUT2D eigenvalue weighted by Crippen LogP contribution is 2.12. The highest BCUT2D eigenvalue weighted by Gasteiger charge is 2.26. The molecule has 132 valence electrons. The molecular formula is C21H26N2O2. The number of amides is 2. The second-order valence-corrected chi connectivity index (χ2v) is 6.51. The molecule has 0 aliphatic heterocycles. The molecule has 2 aromatic carbocycles. The molecule has 0 aliphatic carbocycles. The molecule has 0 fully saturated rings. The molecule has 2 aromatic rings. The molecule has 0 bridgehead atoms. The van der Waals surface area contributed by atoms with Gasteiger partial charge in [0, 0.05) is 12.6 Å². The summed E-state index contributed by atoms with van der Waals surface area (Å²) < 4.78 is 0. The van der Waals surface area contributed by atoms with E-state index in [-0.39, 0.29) is 24.3 Å². The van der Waals surface area contributed by atoms with Gasteiger partial charge in [-0.05, 0) is 31.9 Å². The molecule has 4 nitrogen and oxygen atoms in total. The summed E-state index contributed by atoms with van der Waals surface area (Å²) in [5.41, 5.74) is 1.95. The van der Waals surface area contributed by atoms with E-state index in [1.54, 1.807) is 11.8 Å². The Hall–Kier alpha value is -2.62. The van der Waals surface area contributed by atoms with Crippen LogP contribution in [0.25, 0.3) is 0 Å². The summed E-state index contributed by atoms with van der Waals surface area (Å²) in [6, 6.07) is 18.9. The van der Waals surface area contributed by atoms with Crippen molar-refractivity contribution in [2.24, 2.45) is 0 Å². The summed E-state index contributed by atoms with van der Waals surface area (Å²) >= 11 is 0. The summed E-state index contributed by atoms with van der Waals surface area (Å²) in [7, 11) is 0. The molecule has 0 unspecified atom stereocenters. The van der Waals surface area contributed by atoms with Crippen molar-refractivity contribution in [1.29, 1.82) is 0 Å². The van der Waals surface area contributed by atoms with Gasteiger partial charge in [0.05, 0.1) is 6.42 Å². The van der Waals surface area contributed by atoms with E-state index in [0.29, 0.717) is 6.54 Å². The summed E-state index contributed by atoms with van der Waals surface area (Å²) in [6.07, 6.45) is 0.285. The summed E-state index contributed by atoms with van der Waals surface area (Å²) in [4.78, 5) is 27.0. The molecule has 0 heterocycles. The van der Waals surface area contributed by atoms with Gasteiger partial charge >= 0.3 is 0 Å². The molecule has 0 saturated heterocycles. The fraction of sp³-hybridized carbons (Fsp3) is 0.333. The van der Waals surface area contributed by atoms with Crippen molar-refractivity contribution in [2.75, 3.05) is 0 Å². The quantitative estimate of drug-likeness (QED) is 0.843. The first-order valence-corrected chi connectivity index (χ1v) is 8.65. The molecule has 25 heavy (non-hydrogen) atoms. The van der Waals surface area contributed by atoms with Crippen LogP contribution in [0.4, 0.5) is 0 Å². The van der Waals surface area contributed by atoms with Gasteiger partial charge in [-0.25, -0.2) is 0 Å². The van der Waals surface area contributed by atoms with Gasteiger partial charge in [-0.1, -0.05) is 60.7 Å². The Balaban J connectivity index is 2.18. The number of benzene rings is 2. The normalized spacial score (nSPS) is 11.8. The van der Waals surface area contributed by atoms with Crippen LogP contribution in [0, 0.1) is 0 Å². The van der Waals surface area contributed by atoms with Gasteiger partial charge in [0.1, 0.15) is 6.04 Å². The molecule has 0 spiro atoms. The molecule has 0 radical (unpaired) electrons. The predicted octanol–water partition coefficient (Wildman–Crippen LogP) is 3.17. The van der Waals surface area contributed by atoms with E-state index < -0.39 is 6.04 Å². The van der Waals surface area contributed by atoms with Crippen LogP contribution in [-0.2, 0) is 22.6 Å². The Morgan fingerprint density at radius 2 is 1.40 bits per heavy atom. The highest BCUT2D eigenvalue weighted by molar-refractivity contribution is 5.88. The fourth-order valence-electron chi connectivity index (χ4n) is 2.64. The van der Waals surface area contributed by atoms with E-state index >= 15 is 0 Å². The van der Waals surface area contributed by atoms with Gasteiger partial charge in [0.2, 0.25) is 11.8 Å². The average molecular weight is 338 g/mol. The van der Waals surface area contributed by atoms with Crippen LogP contribution < -0.4 is 5.32 Å². The third kappa shape index (κ3) is 5.75. The zero-order chi connectivity index (χ0) is 18.2. The number of hydrogen-bond acceptors (Lipinski definition) is 2. The third-order valence-electron chi connectivity index (χ3n) is 3.99. The van der Waals surface area contributed by atoms with E-state index in [0.717, 1.165) is 11.1 Å². The smallest absolute Gasteiger partial charge is 0.242 e. The Morgan fingerprint density at radius 3 is 1.92 bits per heavy atom. The van der Waals surface area contributed by atoms with E-state index in [9.17, 15) is 9.59 Å². The maximum Gasteiger partial charge on any atom is 0.242 e. The lowest BCUT2D eigenvalue weighted by molar-refractivity contribution is -0.140. The maximum absolute atomic E-state index is 12.9. The largest absolute Gasteiger partial charge is 0.352 e. The van der Waals surface area contributed by atoms with Gasteiger partial charge in [0.25, 0.3) is 0 Å². The van der Waals surface area contributed by atoms with E-state index in [1.165, 1.54) is 0 Å². The second-order valence-electron chi connectivity index (χ2n) is 6.51. The minimum atomic E-state index is -0.529. The number of carbonyl (C=O) groups is 2. The Kier molecular flexibility index (Phi) is 6.75. The monoisotopic (exact) mass is 338 g/mol. The molecular weight excluding hydrogens is 312 g/mol. The number of nitrogens with one attached hydrogen (secondary N) is 1. The van der Waals surface area contributed by atoms with E-state index in [2.05, 4.69) is 5.32 Å². The summed E-state index contributed by atoms with van der Waals surface area (Å²) in [6.45, 7) is 6.03. The fourth-order valence-corrected chi connectivity index (χ4v) is 2.64. The van der Waals surface area contributed by atoms with E-state index in [1.807, 2.05) is 74.5 Å². The Morgan fingerprint density at radius 1 is 0.880 bits per heavy atom. The first-order chi connectivity index (χ1) is 12.0. The van der Waals surface area contributed by atoms with Crippen molar-refractivity contribution in [2.45, 2.75) is 45.8 Å². The lowest BCUT2D eigenvalue weighted by Gasteiger charge is -2.29. The van der Waals surface area contributed by atoms with Crippen LogP contribution in [0.5, 0.6) is 0 Å². The highest BCUT2D eigenvalue weighted by atomic mass is 16.2. The molecule has 0 aliphatic rings. The van der Waals surface area contributed by atoms with Crippen molar-refractivity contribution >= 4 is 11.8 Å². The zero-order valence-corrected chi connectivity index (χ0v) is 15.1. The summed E-state index contributed by atoms with van der Waals surface area (Å²) in [5.74, 6) is -0.186. The van der Waals surface area contributed by atoms with Crippen LogP contribution >= 0.6 is 0 Å². The maximum atomic E-state index is 12.9. The number of rotatable bonds is 7. The first-order valence-electron chi connectivity index (χ1n) is 8.65. The van der Waals surface area contributed by atoms with Crippen LogP contribution in [0.2, 0.25) is 0 Å². The van der Waals surface area contributed by atoms with Crippen LogP contribution in [0.1, 0.15) is 31.9 Å². The molecule has 1 atom stereocenters. The summed E-state index contributed by atoms with van der Waals surface area (Å²) in [5, 5.41) is 2.89. The minimum Gasteiger partial charge on any atom is -0.352 e. The van der Waals surface area contributed by atoms with Crippen molar-refractivity contribution in [3.8, 4) is 0 Å². The number of hydrogen-bond donors (Lipinski definition) is 1. The lowest BCUT2D eigenvalue weighted by Crippen LogP contribution is -2.49. The van der Waals surface area contributed by atoms with Crippen molar-refractivity contribution in [1.82, 2.24) is 10.2 Å². The Bertz CT molecular complexity index is 684. The topological polar surface area (TPSA) is 49.4 Å². The third-order valence-corrected chi connectivity index (χ3v) is 3.99. The van der Waals surface area contributed by atoms with Gasteiger partial charge in [-0.3, -0.25) is 9.59 Å². The van der Waals surface area contributed by atoms with Crippen molar-refractivity contribution < 1.29 is 9.59 Å². The molecule has 0 saturated carbocycles. The van der Waals surface area contributed by atoms with Crippen LogP contribution in [-0.4, -0.2) is 28.8 Å². The van der Waals surface area contributed by atoms with Gasteiger partial charge < -0.3 is 10.2 Å². The van der Waals surface area contributed by atoms with Gasteiger partial charge in [0.15, 0.2) is 0 Å². The standard InChI is InChI=1S/C21H26N2O2/c1-16(2)22-21(25)17(3)23(15-19-12-8-5-9-13-19)20(24)14-18-10-6-4-7-11-18/h4-13,16-17H,14-15H2,1-3H3,(H,22,25)/t17-/m1/s1. The first kappa shape index (κ1) is 18.7. The minimum absolute atomic E-state index is 0.0396. The number of carbonyl (C=O) groups excluding carboxylic acids is 2. The van der Waals surface area contributed by atoms with Crippen molar-refractivity contribution in [3.63, 3.8) is 0 Å². The molecule has 0 aromatic heterocycles. The average Bonchev–Trinajstić information content (AvgIpc) is 2.60. The number of nitrogens with zero attached hydrogens (tertiary/aromatic N) is 1. The molecule has 2 amide bonds. The molecule has 1 N–H and O–H groups in total. The van der Waals surface area contributed by atoms with Crippen LogP contribution in [0.3, 0.4) is 0 Å². The molecule has 4 heteroatoms. The SMILES string of the molecule is CC(C)NC(=O)[C@@H](C)N(Cc1ccccc1)C(=O)Cc1ccccc1. The Labute approximate surface area is 149 Å². The zero-order valence-electron chi connectivity index (χ0n) is 15.1. The lowest BCUT2D eigenvalue weighted by atomic mass is 10.1.